The molecule has 1 amide bonds. The van der Waals surface area contributed by atoms with Crippen molar-refractivity contribution in [3.63, 3.8) is 0 Å². The smallest absolute Gasteiger partial charge is 0.223 e. The monoisotopic (exact) mass is 313 g/mol. The van der Waals surface area contributed by atoms with Crippen LogP contribution >= 0.6 is 0 Å². The van der Waals surface area contributed by atoms with Gasteiger partial charge in [0.05, 0.1) is 0 Å². The molecule has 2 saturated heterocycles. The zero-order valence-electron chi connectivity index (χ0n) is 14.2. The number of likely N-dealkylation sites (tertiary alicyclic amines) is 2. The Balaban J connectivity index is 1.67. The molecule has 0 aromatic carbocycles. The van der Waals surface area contributed by atoms with Crippen LogP contribution in [0.3, 0.4) is 0 Å². The molecule has 0 radical (unpaired) electrons. The second-order valence-electron chi connectivity index (χ2n) is 6.91. The molecule has 2 aliphatic heterocycles. The summed E-state index contributed by atoms with van der Waals surface area (Å²) in [6, 6.07) is 4.41. The van der Waals surface area contributed by atoms with Gasteiger partial charge in [-0.2, -0.15) is 0 Å². The molecule has 0 unspecified atom stereocenters. The van der Waals surface area contributed by atoms with Gasteiger partial charge in [0.1, 0.15) is 0 Å². The Morgan fingerprint density at radius 3 is 3.04 bits per heavy atom. The topological polar surface area (TPSA) is 36.4 Å². The number of carbonyl (C=O) groups excluding carboxylic acids is 1. The van der Waals surface area contributed by atoms with Crippen molar-refractivity contribution < 1.29 is 4.79 Å². The van der Waals surface area contributed by atoms with E-state index in [1.54, 1.807) is 6.20 Å². The average Bonchev–Trinajstić information content (AvgIpc) is 2.58. The second-order valence-corrected chi connectivity index (χ2v) is 6.91. The Hall–Kier alpha value is -1.68. The number of pyridine rings is 1. The van der Waals surface area contributed by atoms with Crippen LogP contribution in [0.15, 0.2) is 36.2 Å². The standard InChI is InChI=1S/C19H27N3O/c1-3-15(2)12-21-10-8-18-17(14-21)6-7-19(23)22(18)13-16-5-4-9-20-11-16/h3-5,9,11,17-18H,6-8,10,12-14H2,1-2H3/t17-,18+/m1/s1. The first kappa shape index (κ1) is 16.2. The van der Waals surface area contributed by atoms with E-state index >= 15 is 0 Å². The van der Waals surface area contributed by atoms with E-state index in [-0.39, 0.29) is 0 Å². The van der Waals surface area contributed by atoms with Gasteiger partial charge in [0.15, 0.2) is 0 Å². The van der Waals surface area contributed by atoms with Gasteiger partial charge in [0.25, 0.3) is 0 Å². The van der Waals surface area contributed by atoms with Crippen molar-refractivity contribution in [3.8, 4) is 0 Å². The summed E-state index contributed by atoms with van der Waals surface area (Å²) in [7, 11) is 0. The minimum absolute atomic E-state index is 0.313. The molecule has 2 fully saturated rings. The molecule has 0 bridgehead atoms. The summed E-state index contributed by atoms with van der Waals surface area (Å²) in [5.74, 6) is 0.927. The van der Waals surface area contributed by atoms with Crippen molar-refractivity contribution in [3.05, 3.63) is 41.7 Å². The third kappa shape index (κ3) is 3.81. The number of fused-ring (bicyclic) bond motifs is 1. The maximum atomic E-state index is 12.4. The Labute approximate surface area is 139 Å². The van der Waals surface area contributed by atoms with Gasteiger partial charge in [-0.05, 0) is 44.2 Å². The fourth-order valence-corrected chi connectivity index (χ4v) is 3.91. The van der Waals surface area contributed by atoms with Crippen molar-refractivity contribution >= 4 is 5.91 Å². The minimum Gasteiger partial charge on any atom is -0.335 e. The summed E-state index contributed by atoms with van der Waals surface area (Å²) < 4.78 is 0. The zero-order valence-corrected chi connectivity index (χ0v) is 14.2. The fraction of sp³-hybridized carbons (Fsp3) is 0.579. The van der Waals surface area contributed by atoms with Crippen molar-refractivity contribution in [2.75, 3.05) is 19.6 Å². The number of aromatic nitrogens is 1. The van der Waals surface area contributed by atoms with E-state index in [1.807, 2.05) is 12.3 Å². The predicted octanol–water partition coefficient (Wildman–Crippen LogP) is 2.86. The highest BCUT2D eigenvalue weighted by molar-refractivity contribution is 5.77. The maximum absolute atomic E-state index is 12.4. The van der Waals surface area contributed by atoms with Crippen LogP contribution in [0, 0.1) is 5.92 Å². The maximum Gasteiger partial charge on any atom is 0.223 e. The molecule has 2 atom stereocenters. The summed E-state index contributed by atoms with van der Waals surface area (Å²) in [6.07, 6.45) is 8.68. The number of nitrogens with zero attached hydrogens (tertiary/aromatic N) is 3. The second kappa shape index (κ2) is 7.26. The van der Waals surface area contributed by atoms with Gasteiger partial charge in [-0.3, -0.25) is 14.7 Å². The SMILES string of the molecule is CC=C(C)CN1CC[C@H]2[C@H](CCC(=O)N2Cc2cccnc2)C1. The third-order valence-corrected chi connectivity index (χ3v) is 5.27. The number of hydrogen-bond donors (Lipinski definition) is 0. The van der Waals surface area contributed by atoms with Crippen LogP contribution < -0.4 is 0 Å². The van der Waals surface area contributed by atoms with Gasteiger partial charge in [0, 0.05) is 51.0 Å². The first-order chi connectivity index (χ1) is 11.2. The van der Waals surface area contributed by atoms with Crippen molar-refractivity contribution in [1.29, 1.82) is 0 Å². The molecule has 2 aliphatic rings. The highest BCUT2D eigenvalue weighted by Gasteiger charge is 2.39. The molecule has 4 nitrogen and oxygen atoms in total. The lowest BCUT2D eigenvalue weighted by atomic mass is 9.83. The Morgan fingerprint density at radius 2 is 2.30 bits per heavy atom. The van der Waals surface area contributed by atoms with E-state index in [9.17, 15) is 4.79 Å². The van der Waals surface area contributed by atoms with Crippen molar-refractivity contribution in [1.82, 2.24) is 14.8 Å². The van der Waals surface area contributed by atoms with Crippen LogP contribution in [0.25, 0.3) is 0 Å². The van der Waals surface area contributed by atoms with Crippen molar-refractivity contribution in [2.24, 2.45) is 5.92 Å². The largest absolute Gasteiger partial charge is 0.335 e. The number of amides is 1. The summed E-state index contributed by atoms with van der Waals surface area (Å²) in [6.45, 7) is 8.29. The number of piperidine rings is 2. The summed E-state index contributed by atoms with van der Waals surface area (Å²) >= 11 is 0. The molecule has 0 saturated carbocycles. The normalized spacial score (nSPS) is 26.3. The quantitative estimate of drug-likeness (QED) is 0.802. The highest BCUT2D eigenvalue weighted by atomic mass is 16.2. The summed E-state index contributed by atoms with van der Waals surface area (Å²) in [5.41, 5.74) is 2.57. The molecule has 1 aromatic heterocycles. The predicted molar refractivity (Wildman–Crippen MR) is 91.8 cm³/mol. The van der Waals surface area contributed by atoms with Gasteiger partial charge >= 0.3 is 0 Å². The molecule has 0 N–H and O–H groups in total. The highest BCUT2D eigenvalue weighted by Crippen LogP contribution is 2.32. The van der Waals surface area contributed by atoms with Gasteiger partial charge in [-0.15, -0.1) is 0 Å². The molecule has 23 heavy (non-hydrogen) atoms. The molecule has 4 heteroatoms. The lowest BCUT2D eigenvalue weighted by Gasteiger charge is -2.47. The van der Waals surface area contributed by atoms with Gasteiger partial charge in [-0.1, -0.05) is 17.7 Å². The van der Waals surface area contributed by atoms with E-state index in [4.69, 9.17) is 0 Å². The van der Waals surface area contributed by atoms with E-state index in [0.29, 0.717) is 30.8 Å². The fourth-order valence-electron chi connectivity index (χ4n) is 3.91. The molecule has 3 heterocycles. The van der Waals surface area contributed by atoms with Crippen molar-refractivity contribution in [2.45, 2.75) is 45.7 Å². The van der Waals surface area contributed by atoms with E-state index < -0.39 is 0 Å². The number of carbonyl (C=O) groups is 1. The van der Waals surface area contributed by atoms with Crippen LogP contribution in [0.5, 0.6) is 0 Å². The molecule has 0 spiro atoms. The van der Waals surface area contributed by atoms with Crippen LogP contribution in [-0.4, -0.2) is 46.4 Å². The van der Waals surface area contributed by atoms with Crippen LogP contribution in [0.4, 0.5) is 0 Å². The Kier molecular flexibility index (Phi) is 5.11. The Morgan fingerprint density at radius 1 is 1.43 bits per heavy atom. The van der Waals surface area contributed by atoms with E-state index in [0.717, 1.165) is 38.0 Å². The van der Waals surface area contributed by atoms with E-state index in [1.165, 1.54) is 5.57 Å². The third-order valence-electron chi connectivity index (χ3n) is 5.27. The van der Waals surface area contributed by atoms with Crippen LogP contribution in [0.2, 0.25) is 0 Å². The average molecular weight is 313 g/mol. The molecule has 3 rings (SSSR count). The lowest BCUT2D eigenvalue weighted by molar-refractivity contribution is -0.142. The summed E-state index contributed by atoms with van der Waals surface area (Å²) in [4.78, 5) is 21.3. The Bertz CT molecular complexity index is 569. The zero-order chi connectivity index (χ0) is 16.2. The summed E-state index contributed by atoms with van der Waals surface area (Å²) in [5, 5.41) is 0. The van der Waals surface area contributed by atoms with Crippen LogP contribution in [0.1, 0.15) is 38.7 Å². The van der Waals surface area contributed by atoms with E-state index in [2.05, 4.69) is 40.8 Å². The first-order valence-electron chi connectivity index (χ1n) is 8.70. The number of hydrogen-bond acceptors (Lipinski definition) is 3. The molecular weight excluding hydrogens is 286 g/mol. The van der Waals surface area contributed by atoms with Crippen LogP contribution in [-0.2, 0) is 11.3 Å². The molecule has 1 aromatic rings. The van der Waals surface area contributed by atoms with Gasteiger partial charge in [-0.25, -0.2) is 0 Å². The lowest BCUT2D eigenvalue weighted by Crippen LogP contribution is -2.55. The molecule has 124 valence electrons. The first-order valence-corrected chi connectivity index (χ1v) is 8.70. The number of allylic oxidation sites excluding steroid dienone is 1. The van der Waals surface area contributed by atoms with Gasteiger partial charge in [0.2, 0.25) is 5.91 Å². The molecule has 0 aliphatic carbocycles. The van der Waals surface area contributed by atoms with Gasteiger partial charge < -0.3 is 4.90 Å². The minimum atomic E-state index is 0.313. The molecular formula is C19H27N3O. The number of rotatable bonds is 4.